The van der Waals surface area contributed by atoms with Crippen LogP contribution in [0.1, 0.15) is 19.1 Å². The van der Waals surface area contributed by atoms with Gasteiger partial charge in [-0.2, -0.15) is 0 Å². The Balaban J connectivity index is 2.41. The Morgan fingerprint density at radius 2 is 2.24 bits per heavy atom. The van der Waals surface area contributed by atoms with Crippen LogP contribution in [0.25, 0.3) is 0 Å². The van der Waals surface area contributed by atoms with Crippen molar-refractivity contribution < 1.29 is 14.3 Å². The molecule has 94 valence electrons. The molecule has 1 aliphatic heterocycles. The standard InChI is InChI=1S/C9H10ClFN2O4/c10-6-3-12(9(16)13(11)8(6)15)7-2-1-5(4-14)17-7/h3,5,7,14H,1-2,4H2/t5-,7+/m0/s1. The van der Waals surface area contributed by atoms with Gasteiger partial charge in [0.2, 0.25) is 0 Å². The second-order valence-electron chi connectivity index (χ2n) is 3.73. The first-order chi connectivity index (χ1) is 8.04. The zero-order chi connectivity index (χ0) is 12.6. The summed E-state index contributed by atoms with van der Waals surface area (Å²) in [6.07, 6.45) is 0.952. The molecule has 8 heteroatoms. The molecule has 0 aromatic carbocycles. The van der Waals surface area contributed by atoms with Crippen molar-refractivity contribution in [1.29, 1.82) is 0 Å². The zero-order valence-electron chi connectivity index (χ0n) is 8.68. The fourth-order valence-electron chi connectivity index (χ4n) is 1.75. The maximum absolute atomic E-state index is 13.2. The molecule has 1 N–H and O–H groups in total. The smallest absolute Gasteiger partial charge is 0.362 e. The van der Waals surface area contributed by atoms with Gasteiger partial charge in [-0.05, 0) is 12.8 Å². The summed E-state index contributed by atoms with van der Waals surface area (Å²) in [6, 6.07) is 0. The summed E-state index contributed by atoms with van der Waals surface area (Å²) < 4.78 is 19.4. The number of aliphatic hydroxyl groups excluding tert-OH is 1. The molecule has 6 nitrogen and oxygen atoms in total. The van der Waals surface area contributed by atoms with Crippen LogP contribution in [-0.2, 0) is 4.74 Å². The molecule has 0 radical (unpaired) electrons. The van der Waals surface area contributed by atoms with Crippen molar-refractivity contribution in [3.05, 3.63) is 32.1 Å². The summed E-state index contributed by atoms with van der Waals surface area (Å²) in [5.41, 5.74) is -2.33. The molecule has 2 rings (SSSR count). The van der Waals surface area contributed by atoms with Crippen molar-refractivity contribution in [2.75, 3.05) is 6.61 Å². The highest BCUT2D eigenvalue weighted by Gasteiger charge is 2.28. The third kappa shape index (κ3) is 2.13. The van der Waals surface area contributed by atoms with E-state index in [0.717, 1.165) is 10.8 Å². The first-order valence-corrected chi connectivity index (χ1v) is 5.38. The molecule has 1 fully saturated rings. The number of halogens is 2. The quantitative estimate of drug-likeness (QED) is 0.820. The van der Waals surface area contributed by atoms with Crippen LogP contribution in [-0.4, -0.2) is 27.2 Å². The van der Waals surface area contributed by atoms with E-state index in [1.54, 1.807) is 0 Å². The lowest BCUT2D eigenvalue weighted by Gasteiger charge is -2.15. The van der Waals surface area contributed by atoms with Crippen LogP contribution in [0.15, 0.2) is 15.8 Å². The lowest BCUT2D eigenvalue weighted by atomic mass is 10.2. The predicted molar refractivity (Wildman–Crippen MR) is 56.7 cm³/mol. The van der Waals surface area contributed by atoms with Crippen LogP contribution >= 0.6 is 11.6 Å². The average molecular weight is 265 g/mol. The molecular formula is C9H10ClFN2O4. The van der Waals surface area contributed by atoms with E-state index in [0.29, 0.717) is 12.8 Å². The van der Waals surface area contributed by atoms with Gasteiger partial charge in [0.15, 0.2) is 0 Å². The van der Waals surface area contributed by atoms with Crippen LogP contribution in [0.2, 0.25) is 5.02 Å². The third-order valence-electron chi connectivity index (χ3n) is 2.62. The van der Waals surface area contributed by atoms with E-state index < -0.39 is 27.3 Å². The first kappa shape index (κ1) is 12.3. The van der Waals surface area contributed by atoms with E-state index in [2.05, 4.69) is 0 Å². The number of aromatic nitrogens is 2. The minimum absolute atomic E-state index is 0.172. The maximum atomic E-state index is 13.2. The minimum Gasteiger partial charge on any atom is -0.394 e. The maximum Gasteiger partial charge on any atom is 0.362 e. The van der Waals surface area contributed by atoms with Gasteiger partial charge < -0.3 is 9.84 Å². The second kappa shape index (κ2) is 4.59. The SMILES string of the molecule is O=c1c(Cl)cn([C@H]2CC[C@@H](CO)O2)c(=O)n1F. The first-order valence-electron chi connectivity index (χ1n) is 5.00. The van der Waals surface area contributed by atoms with Crippen LogP contribution in [0.5, 0.6) is 0 Å². The summed E-state index contributed by atoms with van der Waals surface area (Å²) in [6.45, 7) is -0.172. The van der Waals surface area contributed by atoms with Crippen molar-refractivity contribution in [3.63, 3.8) is 0 Å². The Labute approximate surface area is 99.7 Å². The highest BCUT2D eigenvalue weighted by molar-refractivity contribution is 6.30. The Bertz CT molecular complexity index is 541. The Hall–Kier alpha value is -1.18. The summed E-state index contributed by atoms with van der Waals surface area (Å²) in [5.74, 6) is 0. The number of hydrogen-bond acceptors (Lipinski definition) is 4. The molecule has 1 saturated heterocycles. The fraction of sp³-hybridized carbons (Fsp3) is 0.556. The molecule has 1 aromatic heterocycles. The largest absolute Gasteiger partial charge is 0.394 e. The van der Waals surface area contributed by atoms with Gasteiger partial charge in [-0.1, -0.05) is 20.9 Å². The van der Waals surface area contributed by atoms with E-state index >= 15 is 0 Å². The van der Waals surface area contributed by atoms with Crippen molar-refractivity contribution in [2.24, 2.45) is 0 Å². The van der Waals surface area contributed by atoms with Gasteiger partial charge in [-0.15, -0.1) is 0 Å². The van der Waals surface area contributed by atoms with E-state index in [1.807, 2.05) is 0 Å². The molecule has 1 aromatic rings. The van der Waals surface area contributed by atoms with E-state index in [9.17, 15) is 14.1 Å². The lowest BCUT2D eigenvalue weighted by molar-refractivity contribution is -0.0262. The summed E-state index contributed by atoms with van der Waals surface area (Å²) in [7, 11) is 0. The minimum atomic E-state index is -1.19. The van der Waals surface area contributed by atoms with Crippen LogP contribution in [0, 0.1) is 0 Å². The number of ether oxygens (including phenoxy) is 1. The summed E-state index contributed by atoms with van der Waals surface area (Å²) in [4.78, 5) is 22.0. The van der Waals surface area contributed by atoms with Gasteiger partial charge >= 0.3 is 11.2 Å². The number of rotatable bonds is 2. The molecule has 17 heavy (non-hydrogen) atoms. The van der Waals surface area contributed by atoms with Gasteiger partial charge in [0, 0.05) is 6.20 Å². The molecule has 0 aliphatic carbocycles. The van der Waals surface area contributed by atoms with Crippen LogP contribution < -0.4 is 11.2 Å². The molecule has 0 saturated carbocycles. The van der Waals surface area contributed by atoms with Crippen molar-refractivity contribution in [3.8, 4) is 0 Å². The van der Waals surface area contributed by atoms with Gasteiger partial charge in [-0.3, -0.25) is 9.36 Å². The summed E-state index contributed by atoms with van der Waals surface area (Å²) >= 11 is 5.50. The van der Waals surface area contributed by atoms with Gasteiger partial charge in [0.25, 0.3) is 0 Å². The highest BCUT2D eigenvalue weighted by atomic mass is 35.5. The number of nitrogens with zero attached hydrogens (tertiary/aromatic N) is 2. The van der Waals surface area contributed by atoms with Gasteiger partial charge in [-0.25, -0.2) is 4.79 Å². The van der Waals surface area contributed by atoms with Crippen LogP contribution in [0.4, 0.5) is 4.48 Å². The van der Waals surface area contributed by atoms with Crippen molar-refractivity contribution >= 4 is 11.6 Å². The van der Waals surface area contributed by atoms with Crippen molar-refractivity contribution in [2.45, 2.75) is 25.2 Å². The fourth-order valence-corrected chi connectivity index (χ4v) is 1.93. The molecule has 2 atom stereocenters. The zero-order valence-corrected chi connectivity index (χ0v) is 9.43. The van der Waals surface area contributed by atoms with E-state index in [-0.39, 0.29) is 12.7 Å². The molecule has 0 amide bonds. The predicted octanol–water partition coefficient (Wildman–Crippen LogP) is 0.0659. The van der Waals surface area contributed by atoms with Crippen molar-refractivity contribution in [1.82, 2.24) is 9.36 Å². The third-order valence-corrected chi connectivity index (χ3v) is 2.88. The highest BCUT2D eigenvalue weighted by Crippen LogP contribution is 2.26. The van der Waals surface area contributed by atoms with Gasteiger partial charge in [0.1, 0.15) is 11.3 Å². The Morgan fingerprint density at radius 3 is 2.82 bits per heavy atom. The van der Waals surface area contributed by atoms with Gasteiger partial charge in [0.05, 0.1) is 12.7 Å². The number of hydrogen-bond donors (Lipinski definition) is 1. The second-order valence-corrected chi connectivity index (χ2v) is 4.13. The average Bonchev–Trinajstić information content (AvgIpc) is 2.79. The summed E-state index contributed by atoms with van der Waals surface area (Å²) in [5, 5.41) is 8.49. The van der Waals surface area contributed by atoms with Crippen LogP contribution in [0.3, 0.4) is 0 Å². The Morgan fingerprint density at radius 1 is 1.53 bits per heavy atom. The normalized spacial score (nSPS) is 24.2. The van der Waals surface area contributed by atoms with E-state index in [1.165, 1.54) is 0 Å². The number of aliphatic hydroxyl groups is 1. The molecule has 2 heterocycles. The van der Waals surface area contributed by atoms with E-state index in [4.69, 9.17) is 21.4 Å². The topological polar surface area (TPSA) is 73.5 Å². The molecule has 0 unspecified atom stereocenters. The molecule has 0 spiro atoms. The molecule has 0 bridgehead atoms. The lowest BCUT2D eigenvalue weighted by Crippen LogP contribution is -2.37. The molecular weight excluding hydrogens is 255 g/mol. The Kier molecular flexibility index (Phi) is 3.32. The molecule has 1 aliphatic rings. The monoisotopic (exact) mass is 264 g/mol.